The van der Waals surface area contributed by atoms with Crippen LogP contribution < -0.4 is 0 Å². The van der Waals surface area contributed by atoms with Crippen molar-refractivity contribution in [1.82, 2.24) is 9.97 Å². The largest absolute Gasteiger partial charge is 0.228 e. The molecule has 0 saturated heterocycles. The van der Waals surface area contributed by atoms with E-state index in [2.05, 4.69) is 220 Å². The van der Waals surface area contributed by atoms with Crippen LogP contribution in [0.4, 0.5) is 0 Å². The van der Waals surface area contributed by atoms with Gasteiger partial charge in [-0.1, -0.05) is 202 Å². The minimum atomic E-state index is -0.123. The van der Waals surface area contributed by atoms with Gasteiger partial charge < -0.3 is 0 Å². The average Bonchev–Trinajstić information content (AvgIpc) is 3.55. The number of aromatic nitrogens is 2. The molecule has 0 unspecified atom stereocenters. The number of nitrogens with zero attached hydrogens (tertiary/aromatic N) is 2. The molecule has 0 radical (unpaired) electrons. The number of benzene rings is 9. The Morgan fingerprint density at radius 1 is 0.322 bits per heavy atom. The van der Waals surface area contributed by atoms with Crippen LogP contribution in [-0.4, -0.2) is 9.97 Å². The zero-order chi connectivity index (χ0) is 39.5. The molecule has 1 aliphatic carbocycles. The molecule has 1 aliphatic rings. The van der Waals surface area contributed by atoms with Crippen molar-refractivity contribution >= 4 is 21.5 Å². The van der Waals surface area contributed by atoms with Gasteiger partial charge >= 0.3 is 0 Å². The summed E-state index contributed by atoms with van der Waals surface area (Å²) in [6.07, 6.45) is 0. The van der Waals surface area contributed by atoms with Crippen molar-refractivity contribution < 1.29 is 0 Å². The Morgan fingerprint density at radius 3 is 1.58 bits per heavy atom. The molecule has 0 atom stereocenters. The zero-order valence-electron chi connectivity index (χ0n) is 33.0. The smallest absolute Gasteiger partial charge is 0.161 e. The summed E-state index contributed by atoms with van der Waals surface area (Å²) >= 11 is 0. The van der Waals surface area contributed by atoms with Crippen LogP contribution in [0, 0.1) is 0 Å². The van der Waals surface area contributed by atoms with Crippen molar-refractivity contribution in [2.24, 2.45) is 0 Å². The first-order chi connectivity index (χ1) is 29.0. The lowest BCUT2D eigenvalue weighted by molar-refractivity contribution is 0.661. The SMILES string of the molecule is CC1(C)c2cccc(-c3ccc(-c4nc(-c5ccccc5)cc(-c5ccc(-c6ccccc6)c(-c6ccccc6)c5)n4)c4ccccc34)c2-c2c1ccc1ccccc21. The Kier molecular flexibility index (Phi) is 8.20. The van der Waals surface area contributed by atoms with Crippen LogP contribution in [0.15, 0.2) is 206 Å². The van der Waals surface area contributed by atoms with E-state index in [1.54, 1.807) is 0 Å². The van der Waals surface area contributed by atoms with E-state index in [4.69, 9.17) is 9.97 Å². The fourth-order valence-corrected chi connectivity index (χ4v) is 9.40. The molecule has 2 nitrogen and oxygen atoms in total. The highest BCUT2D eigenvalue weighted by Crippen LogP contribution is 2.55. The minimum Gasteiger partial charge on any atom is -0.228 e. The number of hydrogen-bond acceptors (Lipinski definition) is 2. The Bertz CT molecular complexity index is 3220. The normalized spacial score (nSPS) is 12.7. The van der Waals surface area contributed by atoms with Crippen molar-refractivity contribution in [3.05, 3.63) is 217 Å². The van der Waals surface area contributed by atoms with Crippen LogP contribution in [0.25, 0.3) is 100.0 Å². The van der Waals surface area contributed by atoms with Gasteiger partial charge in [0.2, 0.25) is 0 Å². The lowest BCUT2D eigenvalue weighted by Gasteiger charge is -2.22. The number of hydrogen-bond donors (Lipinski definition) is 0. The average molecular weight is 753 g/mol. The first-order valence-corrected chi connectivity index (χ1v) is 20.4. The van der Waals surface area contributed by atoms with Crippen molar-refractivity contribution in [3.8, 4) is 78.4 Å². The van der Waals surface area contributed by atoms with Crippen LogP contribution in [0.2, 0.25) is 0 Å². The molecule has 0 N–H and O–H groups in total. The van der Waals surface area contributed by atoms with Crippen LogP contribution in [0.5, 0.6) is 0 Å². The maximum atomic E-state index is 5.42. The predicted octanol–water partition coefficient (Wildman–Crippen LogP) is 15.1. The van der Waals surface area contributed by atoms with Crippen LogP contribution >= 0.6 is 0 Å². The van der Waals surface area contributed by atoms with Crippen LogP contribution in [0.3, 0.4) is 0 Å². The third kappa shape index (κ3) is 5.79. The fourth-order valence-electron chi connectivity index (χ4n) is 9.40. The summed E-state index contributed by atoms with van der Waals surface area (Å²) in [5, 5.41) is 4.87. The van der Waals surface area contributed by atoms with Gasteiger partial charge in [-0.15, -0.1) is 0 Å². The Balaban J connectivity index is 1.11. The van der Waals surface area contributed by atoms with E-state index in [0.717, 1.165) is 33.5 Å². The standard InChI is InChI=1S/C57H40N2/c1-57(2)50-28-16-27-47(55(50)54-43-24-13-12-21-39(43)30-34-51(54)57)46-32-33-48(45-26-15-14-25-44(45)46)56-58-52(40-22-10-5-11-23-40)36-53(59-56)41-29-31-42(37-17-6-3-7-18-37)49(35-41)38-19-8-4-9-20-38/h3-36H,1-2H3. The minimum absolute atomic E-state index is 0.123. The van der Waals surface area contributed by atoms with Crippen LogP contribution in [0.1, 0.15) is 25.0 Å². The molecule has 11 rings (SSSR count). The van der Waals surface area contributed by atoms with E-state index in [9.17, 15) is 0 Å². The quantitative estimate of drug-likeness (QED) is 0.169. The highest BCUT2D eigenvalue weighted by molar-refractivity contribution is 6.11. The molecular weight excluding hydrogens is 713 g/mol. The second kappa shape index (κ2) is 13.9. The zero-order valence-corrected chi connectivity index (χ0v) is 33.0. The van der Waals surface area contributed by atoms with E-state index in [1.165, 1.54) is 71.8 Å². The molecule has 9 aromatic carbocycles. The number of fused-ring (bicyclic) bond motifs is 6. The van der Waals surface area contributed by atoms with E-state index in [0.29, 0.717) is 5.82 Å². The molecule has 278 valence electrons. The summed E-state index contributed by atoms with van der Waals surface area (Å²) in [5.41, 5.74) is 17.3. The van der Waals surface area contributed by atoms with Crippen molar-refractivity contribution in [2.45, 2.75) is 19.3 Å². The van der Waals surface area contributed by atoms with Gasteiger partial charge in [0, 0.05) is 22.1 Å². The second-order valence-corrected chi connectivity index (χ2v) is 16.1. The van der Waals surface area contributed by atoms with Gasteiger partial charge in [0.15, 0.2) is 5.82 Å². The highest BCUT2D eigenvalue weighted by atomic mass is 14.9. The maximum Gasteiger partial charge on any atom is 0.161 e. The molecule has 1 aromatic heterocycles. The Hall–Kier alpha value is -7.42. The molecule has 59 heavy (non-hydrogen) atoms. The van der Waals surface area contributed by atoms with Gasteiger partial charge in [-0.25, -0.2) is 9.97 Å². The van der Waals surface area contributed by atoms with Gasteiger partial charge in [-0.2, -0.15) is 0 Å². The van der Waals surface area contributed by atoms with Crippen molar-refractivity contribution in [3.63, 3.8) is 0 Å². The van der Waals surface area contributed by atoms with Gasteiger partial charge in [0.25, 0.3) is 0 Å². The fraction of sp³-hybridized carbons (Fsp3) is 0.0526. The topological polar surface area (TPSA) is 25.8 Å². The maximum absolute atomic E-state index is 5.42. The summed E-state index contributed by atoms with van der Waals surface area (Å²) < 4.78 is 0. The molecule has 10 aromatic rings. The monoisotopic (exact) mass is 752 g/mol. The molecule has 0 bridgehead atoms. The van der Waals surface area contributed by atoms with Gasteiger partial charge in [-0.05, 0) is 95.4 Å². The highest BCUT2D eigenvalue weighted by Gasteiger charge is 2.38. The summed E-state index contributed by atoms with van der Waals surface area (Å²) in [6, 6.07) is 74.2. The third-order valence-electron chi connectivity index (χ3n) is 12.3. The lowest BCUT2D eigenvalue weighted by atomic mass is 9.81. The van der Waals surface area contributed by atoms with Crippen LogP contribution in [-0.2, 0) is 5.41 Å². The molecule has 2 heteroatoms. The van der Waals surface area contributed by atoms with E-state index >= 15 is 0 Å². The molecular formula is C57H40N2. The second-order valence-electron chi connectivity index (χ2n) is 16.1. The summed E-state index contributed by atoms with van der Waals surface area (Å²) in [6.45, 7) is 4.73. The van der Waals surface area contributed by atoms with E-state index < -0.39 is 0 Å². The molecule has 0 aliphatic heterocycles. The molecule has 0 amide bonds. The third-order valence-corrected chi connectivity index (χ3v) is 12.3. The number of rotatable bonds is 6. The van der Waals surface area contributed by atoms with Crippen molar-refractivity contribution in [1.29, 1.82) is 0 Å². The summed E-state index contributed by atoms with van der Waals surface area (Å²) in [5.74, 6) is 0.702. The molecule has 0 fully saturated rings. The molecule has 0 saturated carbocycles. The first-order valence-electron chi connectivity index (χ1n) is 20.4. The Morgan fingerprint density at radius 2 is 0.864 bits per heavy atom. The van der Waals surface area contributed by atoms with E-state index in [1.807, 2.05) is 0 Å². The van der Waals surface area contributed by atoms with Gasteiger partial charge in [0.1, 0.15) is 0 Å². The van der Waals surface area contributed by atoms with Crippen molar-refractivity contribution in [2.75, 3.05) is 0 Å². The van der Waals surface area contributed by atoms with E-state index in [-0.39, 0.29) is 5.41 Å². The summed E-state index contributed by atoms with van der Waals surface area (Å²) in [7, 11) is 0. The predicted molar refractivity (Wildman–Crippen MR) is 247 cm³/mol. The lowest BCUT2D eigenvalue weighted by Crippen LogP contribution is -2.14. The molecule has 0 spiro atoms. The van der Waals surface area contributed by atoms with Gasteiger partial charge in [0.05, 0.1) is 11.4 Å². The molecule has 1 heterocycles. The first kappa shape index (κ1) is 34.8. The Labute approximate surface area is 345 Å². The van der Waals surface area contributed by atoms with Gasteiger partial charge in [-0.3, -0.25) is 0 Å². The summed E-state index contributed by atoms with van der Waals surface area (Å²) in [4.78, 5) is 10.7.